The predicted octanol–water partition coefficient (Wildman–Crippen LogP) is 3.30. The molecule has 0 N–H and O–H groups in total. The largest absolute Gasteiger partial charge is 0.422 e. The highest BCUT2D eigenvalue weighted by molar-refractivity contribution is 9.09. The summed E-state index contributed by atoms with van der Waals surface area (Å²) in [5.74, 6) is -3.79. The van der Waals surface area contributed by atoms with Gasteiger partial charge in [-0.05, 0) is 6.07 Å². The lowest BCUT2D eigenvalue weighted by Crippen LogP contribution is -2.19. The Morgan fingerprint density at radius 3 is 2.04 bits per heavy atom. The maximum atomic E-state index is 11.9. The summed E-state index contributed by atoms with van der Waals surface area (Å²) < 4.78 is 10.2. The Bertz CT molecular complexity index is 713. The van der Waals surface area contributed by atoms with Gasteiger partial charge in [0.1, 0.15) is 0 Å². The van der Waals surface area contributed by atoms with Gasteiger partial charge in [-0.1, -0.05) is 43.6 Å². The number of nitrogens with zero attached hydrogens (tertiary/aromatic N) is 1. The van der Waals surface area contributed by atoms with Crippen LogP contribution in [0, 0.1) is 22.0 Å². The number of alkyl halides is 1. The molecule has 0 aromatic heterocycles. The second-order valence-corrected chi connectivity index (χ2v) is 6.35. The Morgan fingerprint density at radius 1 is 1.08 bits per heavy atom. The Balaban J connectivity index is 3.56. The molecule has 1 rings (SSSR count). The van der Waals surface area contributed by atoms with Crippen molar-refractivity contribution in [1.82, 2.24) is 0 Å². The molecule has 0 atom stereocenters. The molecule has 0 saturated heterocycles. The van der Waals surface area contributed by atoms with E-state index in [1.807, 2.05) is 0 Å². The summed E-state index contributed by atoms with van der Waals surface area (Å²) in [6.07, 6.45) is 0. The molecule has 0 unspecified atom stereocenters. The summed E-state index contributed by atoms with van der Waals surface area (Å²) in [6.45, 7) is 6.25. The topological polar surface area (TPSA) is 113 Å². The number of nitro groups is 1. The van der Waals surface area contributed by atoms with Crippen LogP contribution in [-0.4, -0.2) is 28.0 Å². The second-order valence-electron chi connectivity index (χ2n) is 5.79. The van der Waals surface area contributed by atoms with Gasteiger partial charge in [0.2, 0.25) is 0 Å². The van der Waals surface area contributed by atoms with Gasteiger partial charge in [-0.25, -0.2) is 0 Å². The van der Waals surface area contributed by atoms with Crippen LogP contribution in [-0.2, 0) is 9.59 Å². The van der Waals surface area contributed by atoms with Crippen LogP contribution >= 0.6 is 15.9 Å². The number of benzene rings is 1. The normalized spacial score (nSPS) is 10.7. The van der Waals surface area contributed by atoms with Crippen LogP contribution in [0.25, 0.3) is 0 Å². The van der Waals surface area contributed by atoms with Gasteiger partial charge in [0.25, 0.3) is 5.75 Å². The van der Waals surface area contributed by atoms with Crippen molar-refractivity contribution in [3.63, 3.8) is 0 Å². The number of halogens is 1. The molecular formula is C16H18BrNO7. The molecule has 0 bridgehead atoms. The third kappa shape index (κ3) is 5.35. The van der Waals surface area contributed by atoms with Crippen molar-refractivity contribution >= 4 is 39.3 Å². The minimum absolute atomic E-state index is 0.0422. The second kappa shape index (κ2) is 8.70. The summed E-state index contributed by atoms with van der Waals surface area (Å²) in [5.41, 5.74) is -0.674. The molecule has 0 aliphatic heterocycles. The molecule has 0 amide bonds. The van der Waals surface area contributed by atoms with E-state index in [0.29, 0.717) is 0 Å². The van der Waals surface area contributed by atoms with E-state index in [1.165, 1.54) is 0 Å². The first-order chi connectivity index (χ1) is 11.6. The van der Waals surface area contributed by atoms with E-state index in [1.54, 1.807) is 27.7 Å². The first-order valence-corrected chi connectivity index (χ1v) is 8.55. The summed E-state index contributed by atoms with van der Waals surface area (Å²) >= 11 is 2.98. The van der Waals surface area contributed by atoms with Gasteiger partial charge in [-0.15, -0.1) is 0 Å². The minimum atomic E-state index is -0.805. The van der Waals surface area contributed by atoms with Crippen LogP contribution in [0.3, 0.4) is 0 Å². The molecule has 8 nitrogen and oxygen atoms in total. The average molecular weight is 416 g/mol. The third-order valence-corrected chi connectivity index (χ3v) is 3.54. The van der Waals surface area contributed by atoms with Crippen molar-refractivity contribution < 1.29 is 28.8 Å². The smallest absolute Gasteiger partial charge is 0.316 e. The maximum absolute atomic E-state index is 11.9. The van der Waals surface area contributed by atoms with E-state index in [2.05, 4.69) is 15.9 Å². The monoisotopic (exact) mass is 415 g/mol. The molecule has 0 heterocycles. The lowest BCUT2D eigenvalue weighted by Gasteiger charge is -2.14. The minimum Gasteiger partial charge on any atom is -0.422 e. The van der Waals surface area contributed by atoms with Gasteiger partial charge >= 0.3 is 17.6 Å². The first-order valence-electron chi connectivity index (χ1n) is 7.43. The Morgan fingerprint density at radius 2 is 1.60 bits per heavy atom. The lowest BCUT2D eigenvalue weighted by molar-refractivity contribution is -0.385. The third-order valence-electron chi connectivity index (χ3n) is 3.03. The van der Waals surface area contributed by atoms with Crippen LogP contribution < -0.4 is 9.47 Å². The zero-order valence-corrected chi connectivity index (χ0v) is 15.8. The van der Waals surface area contributed by atoms with Crippen molar-refractivity contribution in [3.8, 4) is 11.5 Å². The molecule has 0 aliphatic carbocycles. The molecule has 25 heavy (non-hydrogen) atoms. The van der Waals surface area contributed by atoms with E-state index in [0.717, 1.165) is 12.1 Å². The van der Waals surface area contributed by atoms with E-state index in [-0.39, 0.29) is 16.6 Å². The predicted molar refractivity (Wildman–Crippen MR) is 92.2 cm³/mol. The van der Waals surface area contributed by atoms with Gasteiger partial charge in [0, 0.05) is 11.6 Å². The Labute approximate surface area is 152 Å². The first kappa shape index (κ1) is 20.8. The van der Waals surface area contributed by atoms with Gasteiger partial charge in [-0.3, -0.25) is 24.5 Å². The number of ketones is 1. The van der Waals surface area contributed by atoms with Crippen molar-refractivity contribution in [2.24, 2.45) is 11.8 Å². The van der Waals surface area contributed by atoms with Crippen molar-refractivity contribution in [2.75, 3.05) is 5.33 Å². The number of hydrogen-bond acceptors (Lipinski definition) is 7. The molecule has 9 heteroatoms. The highest BCUT2D eigenvalue weighted by Gasteiger charge is 2.29. The fraction of sp³-hybridized carbons (Fsp3) is 0.438. The summed E-state index contributed by atoms with van der Waals surface area (Å²) in [4.78, 5) is 46.2. The Hall–Kier alpha value is -2.29. The molecular weight excluding hydrogens is 398 g/mol. The van der Waals surface area contributed by atoms with E-state index >= 15 is 0 Å². The van der Waals surface area contributed by atoms with Crippen LogP contribution in [0.1, 0.15) is 38.1 Å². The van der Waals surface area contributed by atoms with E-state index < -0.39 is 45.9 Å². The van der Waals surface area contributed by atoms with Crippen LogP contribution in [0.4, 0.5) is 5.69 Å². The van der Waals surface area contributed by atoms with Gasteiger partial charge in [-0.2, -0.15) is 0 Å². The molecule has 0 spiro atoms. The SMILES string of the molecule is CC(C)C(=O)Oc1cc(C(=O)CBr)cc([N+](=O)[O-])c1OC(=O)C(C)C. The van der Waals surface area contributed by atoms with Gasteiger partial charge in [0.15, 0.2) is 11.5 Å². The molecule has 136 valence electrons. The average Bonchev–Trinajstić information content (AvgIpc) is 2.54. The molecule has 0 saturated carbocycles. The van der Waals surface area contributed by atoms with Crippen molar-refractivity contribution in [2.45, 2.75) is 27.7 Å². The highest BCUT2D eigenvalue weighted by Crippen LogP contribution is 2.39. The van der Waals surface area contributed by atoms with Crippen LogP contribution in [0.2, 0.25) is 0 Å². The number of carbonyl (C=O) groups excluding carboxylic acids is 3. The number of hydrogen-bond donors (Lipinski definition) is 0. The zero-order chi connectivity index (χ0) is 19.3. The van der Waals surface area contributed by atoms with Crippen LogP contribution in [0.5, 0.6) is 11.5 Å². The number of rotatable bonds is 7. The molecule has 1 aromatic rings. The Kier molecular flexibility index (Phi) is 7.22. The summed E-state index contributed by atoms with van der Waals surface area (Å²) in [7, 11) is 0. The number of esters is 2. The number of nitro benzene ring substituents is 1. The summed E-state index contributed by atoms with van der Waals surface area (Å²) in [5, 5.41) is 11.3. The number of ether oxygens (including phenoxy) is 2. The fourth-order valence-corrected chi connectivity index (χ4v) is 1.91. The van der Waals surface area contributed by atoms with Crippen LogP contribution in [0.15, 0.2) is 12.1 Å². The molecule has 0 fully saturated rings. The zero-order valence-electron chi connectivity index (χ0n) is 14.2. The van der Waals surface area contributed by atoms with E-state index in [9.17, 15) is 24.5 Å². The molecule has 0 aliphatic rings. The number of carbonyl (C=O) groups is 3. The fourth-order valence-electron chi connectivity index (χ4n) is 1.58. The standard InChI is InChI=1S/C16H18BrNO7/c1-8(2)15(20)24-13-6-10(12(19)7-17)5-11(18(22)23)14(13)25-16(21)9(3)4/h5-6,8-9H,7H2,1-4H3. The number of Topliss-reactive ketones (excluding diaryl/α,β-unsaturated/α-hetero) is 1. The highest BCUT2D eigenvalue weighted by atomic mass is 79.9. The molecule has 0 radical (unpaired) electrons. The maximum Gasteiger partial charge on any atom is 0.316 e. The van der Waals surface area contributed by atoms with Gasteiger partial charge < -0.3 is 9.47 Å². The quantitative estimate of drug-likeness (QED) is 0.167. The lowest BCUT2D eigenvalue weighted by atomic mass is 10.1. The molecule has 1 aromatic carbocycles. The van der Waals surface area contributed by atoms with E-state index in [4.69, 9.17) is 9.47 Å². The summed E-state index contributed by atoms with van der Waals surface area (Å²) in [6, 6.07) is 2.14. The van der Waals surface area contributed by atoms with Crippen molar-refractivity contribution in [3.05, 3.63) is 27.8 Å². The van der Waals surface area contributed by atoms with Crippen molar-refractivity contribution in [1.29, 1.82) is 0 Å². The van der Waals surface area contributed by atoms with Gasteiger partial charge in [0.05, 0.1) is 22.1 Å².